The lowest BCUT2D eigenvalue weighted by Gasteiger charge is -2.19. The average molecular weight is 215 g/mol. The number of ether oxygens (including phenoxy) is 1. The third-order valence-electron chi connectivity index (χ3n) is 1.96. The molecule has 0 aliphatic carbocycles. The normalized spacial score (nSPS) is 13.2. The summed E-state index contributed by atoms with van der Waals surface area (Å²) in [7, 11) is 0. The van der Waals surface area contributed by atoms with Crippen LogP contribution in [-0.2, 0) is 4.74 Å². The van der Waals surface area contributed by atoms with Gasteiger partial charge in [-0.1, -0.05) is 6.07 Å². The molecule has 1 aromatic carbocycles. The molecule has 15 heavy (non-hydrogen) atoms. The summed E-state index contributed by atoms with van der Waals surface area (Å²) in [5.41, 5.74) is 5.77. The Labute approximate surface area is 88.0 Å². The highest BCUT2D eigenvalue weighted by molar-refractivity contribution is 5.21. The molecule has 0 bridgehead atoms. The maximum atomic E-state index is 13.4. The minimum Gasteiger partial charge on any atom is -0.369 e. The van der Waals surface area contributed by atoms with Crippen LogP contribution in [0.1, 0.15) is 25.5 Å². The van der Waals surface area contributed by atoms with Gasteiger partial charge in [-0.05, 0) is 19.9 Å². The number of nitrogens with two attached hydrogens (primary N) is 1. The number of halogens is 2. The molecule has 0 fully saturated rings. The number of rotatable bonds is 4. The van der Waals surface area contributed by atoms with Gasteiger partial charge in [0.1, 0.15) is 11.6 Å². The Kier molecular flexibility index (Phi) is 4.17. The van der Waals surface area contributed by atoms with Gasteiger partial charge >= 0.3 is 0 Å². The van der Waals surface area contributed by atoms with Crippen molar-refractivity contribution in [3.8, 4) is 0 Å². The highest BCUT2D eigenvalue weighted by atomic mass is 19.1. The van der Waals surface area contributed by atoms with Gasteiger partial charge in [-0.3, -0.25) is 0 Å². The van der Waals surface area contributed by atoms with Crippen LogP contribution >= 0.6 is 0 Å². The van der Waals surface area contributed by atoms with Gasteiger partial charge in [0.25, 0.3) is 0 Å². The quantitative estimate of drug-likeness (QED) is 0.837. The van der Waals surface area contributed by atoms with Gasteiger partial charge in [-0.2, -0.15) is 0 Å². The van der Waals surface area contributed by atoms with E-state index < -0.39 is 17.7 Å². The third kappa shape index (κ3) is 3.25. The van der Waals surface area contributed by atoms with Gasteiger partial charge in [0.15, 0.2) is 0 Å². The van der Waals surface area contributed by atoms with Crippen molar-refractivity contribution >= 4 is 0 Å². The molecule has 0 amide bonds. The zero-order valence-electron chi connectivity index (χ0n) is 8.84. The van der Waals surface area contributed by atoms with Crippen LogP contribution in [0.15, 0.2) is 18.2 Å². The Balaban J connectivity index is 2.91. The summed E-state index contributed by atoms with van der Waals surface area (Å²) < 4.78 is 31.4. The summed E-state index contributed by atoms with van der Waals surface area (Å²) in [5, 5.41) is 0. The van der Waals surface area contributed by atoms with Crippen LogP contribution < -0.4 is 5.73 Å². The second-order valence-corrected chi connectivity index (χ2v) is 3.58. The summed E-state index contributed by atoms with van der Waals surface area (Å²) in [6, 6.07) is 3.40. The molecule has 1 atom stereocenters. The first kappa shape index (κ1) is 12.1. The molecule has 84 valence electrons. The van der Waals surface area contributed by atoms with E-state index in [2.05, 4.69) is 0 Å². The SMILES string of the molecule is CC(C)O[C@@H](CN)c1ccc(F)cc1F. The fourth-order valence-electron chi connectivity index (χ4n) is 1.35. The van der Waals surface area contributed by atoms with Crippen molar-refractivity contribution < 1.29 is 13.5 Å². The van der Waals surface area contributed by atoms with E-state index in [1.54, 1.807) is 0 Å². The number of benzene rings is 1. The first-order valence-electron chi connectivity index (χ1n) is 4.85. The monoisotopic (exact) mass is 215 g/mol. The predicted octanol–water partition coefficient (Wildman–Crippen LogP) is 2.39. The summed E-state index contributed by atoms with van der Waals surface area (Å²) in [5.74, 6) is -1.22. The van der Waals surface area contributed by atoms with E-state index in [-0.39, 0.29) is 12.6 Å². The molecule has 0 aliphatic rings. The molecule has 1 aromatic rings. The average Bonchev–Trinajstić information content (AvgIpc) is 2.14. The Morgan fingerprint density at radius 1 is 1.33 bits per heavy atom. The molecule has 0 aliphatic heterocycles. The van der Waals surface area contributed by atoms with E-state index >= 15 is 0 Å². The second kappa shape index (κ2) is 5.19. The highest BCUT2D eigenvalue weighted by Gasteiger charge is 2.16. The second-order valence-electron chi connectivity index (χ2n) is 3.58. The fraction of sp³-hybridized carbons (Fsp3) is 0.455. The molecule has 0 heterocycles. The molecular formula is C11H15F2NO. The Hall–Kier alpha value is -1.00. The number of hydrogen-bond acceptors (Lipinski definition) is 2. The zero-order valence-corrected chi connectivity index (χ0v) is 8.84. The maximum absolute atomic E-state index is 13.4. The maximum Gasteiger partial charge on any atom is 0.131 e. The van der Waals surface area contributed by atoms with Crippen molar-refractivity contribution in [1.82, 2.24) is 0 Å². The molecule has 2 nitrogen and oxygen atoms in total. The summed E-state index contributed by atoms with van der Waals surface area (Å²) in [6.07, 6.45) is -0.575. The molecule has 0 unspecified atom stereocenters. The lowest BCUT2D eigenvalue weighted by molar-refractivity contribution is 0.0100. The van der Waals surface area contributed by atoms with Crippen LogP contribution in [0.25, 0.3) is 0 Å². The van der Waals surface area contributed by atoms with Crippen molar-refractivity contribution in [3.05, 3.63) is 35.4 Å². The topological polar surface area (TPSA) is 35.2 Å². The molecule has 0 spiro atoms. The summed E-state index contributed by atoms with van der Waals surface area (Å²) in [4.78, 5) is 0. The molecule has 0 saturated heterocycles. The van der Waals surface area contributed by atoms with Gasteiger partial charge in [-0.15, -0.1) is 0 Å². The van der Waals surface area contributed by atoms with Crippen molar-refractivity contribution in [2.24, 2.45) is 5.73 Å². The Morgan fingerprint density at radius 3 is 2.47 bits per heavy atom. The largest absolute Gasteiger partial charge is 0.369 e. The van der Waals surface area contributed by atoms with Gasteiger partial charge in [0, 0.05) is 18.2 Å². The molecule has 4 heteroatoms. The van der Waals surface area contributed by atoms with Gasteiger partial charge in [0.05, 0.1) is 12.2 Å². The smallest absolute Gasteiger partial charge is 0.131 e. The van der Waals surface area contributed by atoms with Crippen LogP contribution in [0.3, 0.4) is 0 Å². The van der Waals surface area contributed by atoms with E-state index in [0.29, 0.717) is 5.56 Å². The van der Waals surface area contributed by atoms with Gasteiger partial charge < -0.3 is 10.5 Å². The molecule has 0 radical (unpaired) electrons. The van der Waals surface area contributed by atoms with Crippen LogP contribution in [-0.4, -0.2) is 12.6 Å². The van der Waals surface area contributed by atoms with E-state index in [1.807, 2.05) is 13.8 Å². The minimum absolute atomic E-state index is 0.0528. The van der Waals surface area contributed by atoms with E-state index in [1.165, 1.54) is 12.1 Å². The van der Waals surface area contributed by atoms with Crippen LogP contribution in [0, 0.1) is 11.6 Å². The Morgan fingerprint density at radius 2 is 2.00 bits per heavy atom. The van der Waals surface area contributed by atoms with E-state index in [4.69, 9.17) is 10.5 Å². The lowest BCUT2D eigenvalue weighted by Crippen LogP contribution is -2.20. The molecule has 0 aromatic heterocycles. The fourth-order valence-corrected chi connectivity index (χ4v) is 1.35. The molecule has 1 rings (SSSR count). The molecule has 2 N–H and O–H groups in total. The lowest BCUT2D eigenvalue weighted by atomic mass is 10.1. The first-order valence-corrected chi connectivity index (χ1v) is 4.85. The van der Waals surface area contributed by atoms with Crippen molar-refractivity contribution in [3.63, 3.8) is 0 Å². The van der Waals surface area contributed by atoms with Crippen molar-refractivity contribution in [1.29, 1.82) is 0 Å². The Bertz CT molecular complexity index is 328. The predicted molar refractivity (Wildman–Crippen MR) is 54.4 cm³/mol. The zero-order chi connectivity index (χ0) is 11.4. The van der Waals surface area contributed by atoms with E-state index in [0.717, 1.165) is 6.07 Å². The highest BCUT2D eigenvalue weighted by Crippen LogP contribution is 2.21. The van der Waals surface area contributed by atoms with Crippen LogP contribution in [0.5, 0.6) is 0 Å². The minimum atomic E-state index is -0.619. The van der Waals surface area contributed by atoms with Crippen LogP contribution in [0.4, 0.5) is 8.78 Å². The van der Waals surface area contributed by atoms with Gasteiger partial charge in [-0.25, -0.2) is 8.78 Å². The first-order chi connectivity index (χ1) is 7.04. The van der Waals surface area contributed by atoms with Crippen molar-refractivity contribution in [2.45, 2.75) is 26.1 Å². The molecular weight excluding hydrogens is 200 g/mol. The van der Waals surface area contributed by atoms with Crippen molar-refractivity contribution in [2.75, 3.05) is 6.54 Å². The van der Waals surface area contributed by atoms with E-state index in [9.17, 15) is 8.78 Å². The molecule has 0 saturated carbocycles. The number of hydrogen-bond donors (Lipinski definition) is 1. The standard InChI is InChI=1S/C11H15F2NO/c1-7(2)15-11(6-14)9-4-3-8(12)5-10(9)13/h3-5,7,11H,6,14H2,1-2H3/t11-/m0/s1. The summed E-state index contributed by atoms with van der Waals surface area (Å²) >= 11 is 0. The summed E-state index contributed by atoms with van der Waals surface area (Å²) in [6.45, 7) is 3.84. The third-order valence-corrected chi connectivity index (χ3v) is 1.96. The van der Waals surface area contributed by atoms with Gasteiger partial charge in [0.2, 0.25) is 0 Å². The van der Waals surface area contributed by atoms with Crippen LogP contribution in [0.2, 0.25) is 0 Å².